The van der Waals surface area contributed by atoms with Gasteiger partial charge in [0.2, 0.25) is 0 Å². The molecule has 2 rings (SSSR count). The lowest BCUT2D eigenvalue weighted by Gasteiger charge is -2.10. The van der Waals surface area contributed by atoms with E-state index in [9.17, 15) is 22.8 Å². The van der Waals surface area contributed by atoms with Crippen LogP contribution in [0.3, 0.4) is 0 Å². The molecule has 2 amide bonds. The van der Waals surface area contributed by atoms with Gasteiger partial charge in [0.05, 0.1) is 6.61 Å². The van der Waals surface area contributed by atoms with Crippen molar-refractivity contribution in [2.45, 2.75) is 26.6 Å². The molecule has 0 fully saturated rings. The van der Waals surface area contributed by atoms with E-state index in [0.717, 1.165) is 11.1 Å². The molecule has 0 atom stereocenters. The van der Waals surface area contributed by atoms with Crippen LogP contribution in [0.1, 0.15) is 27.0 Å². The van der Waals surface area contributed by atoms with Crippen LogP contribution in [-0.2, 0) is 16.1 Å². The number of hydrogen-bond acceptors (Lipinski definition) is 4. The number of nitrogens with one attached hydrogen (secondary N) is 2. The molecule has 0 unspecified atom stereocenters. The molecule has 0 saturated carbocycles. The number of alkyl halides is 3. The Kier molecular flexibility index (Phi) is 7.60. The summed E-state index contributed by atoms with van der Waals surface area (Å²) in [6, 6.07) is 11.3. The normalized spacial score (nSPS) is 11.1. The van der Waals surface area contributed by atoms with Crippen LogP contribution < -0.4 is 15.6 Å². The molecule has 0 aliphatic carbocycles. The standard InChI is InChI=1S/C20H21F3N2O4/c1-13-7-14(2)9-17(8-13)29-11-18(26)24-25-19(27)16-5-3-15(4-6-16)10-28-12-20(21,22)23/h3-9H,10-12H2,1-2H3,(H,24,26)(H,25,27). The number of halogens is 3. The Morgan fingerprint density at radius 3 is 2.17 bits per heavy atom. The van der Waals surface area contributed by atoms with Crippen molar-refractivity contribution in [2.24, 2.45) is 0 Å². The highest BCUT2D eigenvalue weighted by Crippen LogP contribution is 2.16. The van der Waals surface area contributed by atoms with Gasteiger partial charge < -0.3 is 9.47 Å². The van der Waals surface area contributed by atoms with E-state index in [0.29, 0.717) is 11.3 Å². The average Bonchev–Trinajstić information content (AvgIpc) is 2.63. The molecular formula is C20H21F3N2O4. The zero-order chi connectivity index (χ0) is 21.4. The van der Waals surface area contributed by atoms with Gasteiger partial charge in [0.15, 0.2) is 6.61 Å². The molecule has 0 aliphatic rings. The number of rotatable bonds is 7. The summed E-state index contributed by atoms with van der Waals surface area (Å²) in [5.74, 6) is -0.575. The van der Waals surface area contributed by atoms with Crippen molar-refractivity contribution in [1.29, 1.82) is 0 Å². The Labute approximate surface area is 166 Å². The number of hydrogen-bond donors (Lipinski definition) is 2. The number of carbonyl (C=O) groups excluding carboxylic acids is 2. The molecule has 2 N–H and O–H groups in total. The number of benzene rings is 2. The van der Waals surface area contributed by atoms with Crippen LogP contribution in [0.2, 0.25) is 0 Å². The van der Waals surface area contributed by atoms with Crippen molar-refractivity contribution in [3.8, 4) is 5.75 Å². The maximum atomic E-state index is 12.0. The summed E-state index contributed by atoms with van der Waals surface area (Å²) in [6.07, 6.45) is -4.39. The zero-order valence-electron chi connectivity index (χ0n) is 15.9. The van der Waals surface area contributed by atoms with Gasteiger partial charge in [-0.1, -0.05) is 18.2 Å². The van der Waals surface area contributed by atoms with Gasteiger partial charge in [0.1, 0.15) is 12.4 Å². The third-order valence-corrected chi connectivity index (χ3v) is 3.63. The highest BCUT2D eigenvalue weighted by Gasteiger charge is 2.27. The first-order valence-corrected chi connectivity index (χ1v) is 8.66. The Hall–Kier alpha value is -3.07. The summed E-state index contributed by atoms with van der Waals surface area (Å²) in [5.41, 5.74) is 7.18. The first-order chi connectivity index (χ1) is 13.6. The molecular weight excluding hydrogens is 389 g/mol. The van der Waals surface area contributed by atoms with Gasteiger partial charge in [-0.15, -0.1) is 0 Å². The van der Waals surface area contributed by atoms with Crippen molar-refractivity contribution >= 4 is 11.8 Å². The van der Waals surface area contributed by atoms with Gasteiger partial charge >= 0.3 is 6.18 Å². The van der Waals surface area contributed by atoms with Crippen LogP contribution >= 0.6 is 0 Å². The molecule has 156 valence electrons. The fraction of sp³-hybridized carbons (Fsp3) is 0.300. The van der Waals surface area contributed by atoms with E-state index in [-0.39, 0.29) is 18.8 Å². The molecule has 0 saturated heterocycles. The average molecular weight is 410 g/mol. The van der Waals surface area contributed by atoms with E-state index in [1.54, 1.807) is 12.1 Å². The molecule has 0 spiro atoms. The van der Waals surface area contributed by atoms with Crippen LogP contribution in [0.25, 0.3) is 0 Å². The van der Waals surface area contributed by atoms with Gasteiger partial charge in [-0.3, -0.25) is 20.4 Å². The topological polar surface area (TPSA) is 76.7 Å². The van der Waals surface area contributed by atoms with E-state index in [2.05, 4.69) is 15.6 Å². The van der Waals surface area contributed by atoms with Crippen LogP contribution in [0.4, 0.5) is 13.2 Å². The predicted octanol–water partition coefficient (Wildman–Crippen LogP) is 3.22. The quantitative estimate of drug-likeness (QED) is 0.688. The van der Waals surface area contributed by atoms with Crippen LogP contribution in [0, 0.1) is 13.8 Å². The third-order valence-electron chi connectivity index (χ3n) is 3.63. The first kappa shape index (κ1) is 22.2. The molecule has 0 aliphatic heterocycles. The second-order valence-corrected chi connectivity index (χ2v) is 6.42. The van der Waals surface area contributed by atoms with Gasteiger partial charge in [-0.2, -0.15) is 13.2 Å². The molecule has 0 radical (unpaired) electrons. The summed E-state index contributed by atoms with van der Waals surface area (Å²) < 4.78 is 46.1. The Morgan fingerprint density at radius 2 is 1.59 bits per heavy atom. The molecule has 2 aromatic rings. The molecule has 0 heterocycles. The van der Waals surface area contributed by atoms with Gasteiger partial charge in [-0.05, 0) is 54.8 Å². The molecule has 0 aromatic heterocycles. The van der Waals surface area contributed by atoms with Gasteiger partial charge in [0, 0.05) is 5.56 Å². The number of hydrazine groups is 1. The highest BCUT2D eigenvalue weighted by molar-refractivity contribution is 5.95. The number of carbonyl (C=O) groups is 2. The van der Waals surface area contributed by atoms with E-state index in [1.807, 2.05) is 19.9 Å². The largest absolute Gasteiger partial charge is 0.484 e. The Balaban J connectivity index is 1.75. The minimum Gasteiger partial charge on any atom is -0.484 e. The summed E-state index contributed by atoms with van der Waals surface area (Å²) in [7, 11) is 0. The lowest BCUT2D eigenvalue weighted by molar-refractivity contribution is -0.176. The van der Waals surface area contributed by atoms with Crippen molar-refractivity contribution in [3.63, 3.8) is 0 Å². The molecule has 9 heteroatoms. The number of aryl methyl sites for hydroxylation is 2. The summed E-state index contributed by atoms with van der Waals surface area (Å²) in [5, 5.41) is 0. The Bertz CT molecular complexity index is 832. The fourth-order valence-electron chi connectivity index (χ4n) is 2.44. The summed E-state index contributed by atoms with van der Waals surface area (Å²) in [4.78, 5) is 23.8. The van der Waals surface area contributed by atoms with Crippen molar-refractivity contribution in [3.05, 3.63) is 64.7 Å². The molecule has 2 aromatic carbocycles. The SMILES string of the molecule is Cc1cc(C)cc(OCC(=O)NNC(=O)c2ccc(COCC(F)(F)F)cc2)c1. The number of ether oxygens (including phenoxy) is 2. The van der Waals surface area contributed by atoms with Crippen LogP contribution in [0.15, 0.2) is 42.5 Å². The first-order valence-electron chi connectivity index (χ1n) is 8.66. The monoisotopic (exact) mass is 410 g/mol. The maximum Gasteiger partial charge on any atom is 0.411 e. The molecule has 29 heavy (non-hydrogen) atoms. The lowest BCUT2D eigenvalue weighted by Crippen LogP contribution is -2.43. The van der Waals surface area contributed by atoms with E-state index in [4.69, 9.17) is 4.74 Å². The summed E-state index contributed by atoms with van der Waals surface area (Å²) >= 11 is 0. The van der Waals surface area contributed by atoms with E-state index in [1.165, 1.54) is 24.3 Å². The van der Waals surface area contributed by atoms with E-state index < -0.39 is 24.6 Å². The maximum absolute atomic E-state index is 12.0. The minimum absolute atomic E-state index is 0.222. The third kappa shape index (κ3) is 8.22. The van der Waals surface area contributed by atoms with Gasteiger partial charge in [-0.25, -0.2) is 0 Å². The van der Waals surface area contributed by atoms with Gasteiger partial charge in [0.25, 0.3) is 11.8 Å². The Morgan fingerprint density at radius 1 is 0.966 bits per heavy atom. The molecule has 0 bridgehead atoms. The van der Waals surface area contributed by atoms with Crippen molar-refractivity contribution < 1.29 is 32.2 Å². The van der Waals surface area contributed by atoms with Crippen LogP contribution in [-0.4, -0.2) is 31.2 Å². The van der Waals surface area contributed by atoms with Crippen molar-refractivity contribution in [1.82, 2.24) is 10.9 Å². The lowest BCUT2D eigenvalue weighted by atomic mass is 10.1. The number of amides is 2. The second kappa shape index (κ2) is 9.92. The minimum atomic E-state index is -4.39. The molecule has 6 nitrogen and oxygen atoms in total. The fourth-order valence-corrected chi connectivity index (χ4v) is 2.44. The second-order valence-electron chi connectivity index (χ2n) is 6.42. The van der Waals surface area contributed by atoms with Crippen molar-refractivity contribution in [2.75, 3.05) is 13.2 Å². The zero-order valence-corrected chi connectivity index (χ0v) is 15.9. The summed E-state index contributed by atoms with van der Waals surface area (Å²) in [6.45, 7) is 1.97. The van der Waals surface area contributed by atoms with Crippen LogP contribution in [0.5, 0.6) is 5.75 Å². The highest BCUT2D eigenvalue weighted by atomic mass is 19.4. The van der Waals surface area contributed by atoms with E-state index >= 15 is 0 Å². The smallest absolute Gasteiger partial charge is 0.411 e. The predicted molar refractivity (Wildman–Crippen MR) is 99.2 cm³/mol.